The molecule has 0 aliphatic carbocycles. The number of carbonyl (C=O) groups excluding carboxylic acids is 2. The maximum Gasteiger partial charge on any atom is 0.261 e. The predicted octanol–water partition coefficient (Wildman–Crippen LogP) is 2.44. The van der Waals surface area contributed by atoms with Crippen molar-refractivity contribution in [1.82, 2.24) is 10.2 Å². The number of thiophene rings is 1. The molecule has 2 rings (SSSR count). The Morgan fingerprint density at radius 2 is 1.90 bits per heavy atom. The van der Waals surface area contributed by atoms with Gasteiger partial charge in [-0.05, 0) is 23.9 Å². The van der Waals surface area contributed by atoms with Gasteiger partial charge in [0.1, 0.15) is 0 Å². The third-order valence-corrected chi connectivity index (χ3v) is 3.98. The molecule has 0 aliphatic heterocycles. The van der Waals surface area contributed by atoms with Gasteiger partial charge in [0.05, 0.1) is 11.4 Å². The van der Waals surface area contributed by atoms with Gasteiger partial charge in [0.2, 0.25) is 5.91 Å². The van der Waals surface area contributed by atoms with E-state index in [2.05, 4.69) is 5.32 Å². The number of carbonyl (C=O) groups is 2. The molecule has 1 aromatic carbocycles. The van der Waals surface area contributed by atoms with Crippen molar-refractivity contribution < 1.29 is 9.59 Å². The zero-order valence-corrected chi connectivity index (χ0v) is 12.9. The van der Waals surface area contributed by atoms with Gasteiger partial charge in [0, 0.05) is 13.6 Å². The van der Waals surface area contributed by atoms with E-state index in [0.717, 1.165) is 5.56 Å². The van der Waals surface area contributed by atoms with E-state index >= 15 is 0 Å². The average Bonchev–Trinajstić information content (AvgIpc) is 3.01. The standard InChI is InChI=1S/C16H18N2O2S/c1-12-5-7-13(8-6-12)11-18(2)15(19)10-17-16(20)14-4-3-9-21-14/h3-9H,10-11H2,1-2H3,(H,17,20). The highest BCUT2D eigenvalue weighted by Crippen LogP contribution is 2.08. The third-order valence-electron chi connectivity index (χ3n) is 3.11. The summed E-state index contributed by atoms with van der Waals surface area (Å²) in [6.45, 7) is 2.58. The number of aryl methyl sites for hydroxylation is 1. The Balaban J connectivity index is 1.82. The minimum Gasteiger partial charge on any atom is -0.342 e. The Hall–Kier alpha value is -2.14. The Bertz CT molecular complexity index is 606. The van der Waals surface area contributed by atoms with E-state index < -0.39 is 0 Å². The first-order chi connectivity index (χ1) is 10.1. The highest BCUT2D eigenvalue weighted by atomic mass is 32.1. The molecule has 2 amide bonds. The van der Waals surface area contributed by atoms with Crippen LogP contribution in [0, 0.1) is 6.92 Å². The van der Waals surface area contributed by atoms with Crippen LogP contribution in [-0.4, -0.2) is 30.3 Å². The van der Waals surface area contributed by atoms with E-state index in [1.807, 2.05) is 42.6 Å². The molecule has 0 radical (unpaired) electrons. The van der Waals surface area contributed by atoms with Crippen molar-refractivity contribution in [2.75, 3.05) is 13.6 Å². The van der Waals surface area contributed by atoms with Crippen LogP contribution in [0.15, 0.2) is 41.8 Å². The topological polar surface area (TPSA) is 49.4 Å². The van der Waals surface area contributed by atoms with E-state index in [-0.39, 0.29) is 18.4 Å². The summed E-state index contributed by atoms with van der Waals surface area (Å²) < 4.78 is 0. The molecule has 0 aliphatic rings. The number of benzene rings is 1. The molecule has 2 aromatic rings. The molecule has 5 heteroatoms. The fraction of sp³-hybridized carbons (Fsp3) is 0.250. The Kier molecular flexibility index (Phi) is 5.11. The molecule has 1 N–H and O–H groups in total. The van der Waals surface area contributed by atoms with Gasteiger partial charge >= 0.3 is 0 Å². The molecule has 1 heterocycles. The number of amides is 2. The molecule has 0 saturated carbocycles. The Morgan fingerprint density at radius 1 is 1.19 bits per heavy atom. The molecule has 0 saturated heterocycles. The van der Waals surface area contributed by atoms with E-state index in [1.165, 1.54) is 16.9 Å². The van der Waals surface area contributed by atoms with Crippen LogP contribution >= 0.6 is 11.3 Å². The van der Waals surface area contributed by atoms with Gasteiger partial charge in [0.15, 0.2) is 0 Å². The first-order valence-electron chi connectivity index (χ1n) is 6.67. The van der Waals surface area contributed by atoms with Crippen LogP contribution < -0.4 is 5.32 Å². The fourth-order valence-electron chi connectivity index (χ4n) is 1.84. The highest BCUT2D eigenvalue weighted by molar-refractivity contribution is 7.12. The molecular weight excluding hydrogens is 284 g/mol. The van der Waals surface area contributed by atoms with Crippen LogP contribution in [0.5, 0.6) is 0 Å². The Morgan fingerprint density at radius 3 is 2.52 bits per heavy atom. The minimum absolute atomic E-state index is 0.0130. The molecule has 0 bridgehead atoms. The van der Waals surface area contributed by atoms with Crippen LogP contribution in [0.2, 0.25) is 0 Å². The molecule has 110 valence electrons. The smallest absolute Gasteiger partial charge is 0.261 e. The zero-order valence-electron chi connectivity index (χ0n) is 12.1. The lowest BCUT2D eigenvalue weighted by Gasteiger charge is -2.17. The second-order valence-corrected chi connectivity index (χ2v) is 5.84. The van der Waals surface area contributed by atoms with Crippen molar-refractivity contribution in [3.8, 4) is 0 Å². The van der Waals surface area contributed by atoms with Crippen molar-refractivity contribution in [3.05, 3.63) is 57.8 Å². The Labute approximate surface area is 128 Å². The summed E-state index contributed by atoms with van der Waals surface area (Å²) in [5.41, 5.74) is 2.26. The van der Waals surface area contributed by atoms with Gasteiger partial charge in [-0.25, -0.2) is 0 Å². The van der Waals surface area contributed by atoms with E-state index in [4.69, 9.17) is 0 Å². The fourth-order valence-corrected chi connectivity index (χ4v) is 2.48. The SMILES string of the molecule is Cc1ccc(CN(C)C(=O)CNC(=O)c2cccs2)cc1. The molecule has 0 fully saturated rings. The second kappa shape index (κ2) is 7.04. The van der Waals surface area contributed by atoms with Crippen molar-refractivity contribution >= 4 is 23.2 Å². The molecular formula is C16H18N2O2S. The second-order valence-electron chi connectivity index (χ2n) is 4.90. The molecule has 0 atom stereocenters. The number of nitrogens with one attached hydrogen (secondary N) is 1. The van der Waals surface area contributed by atoms with E-state index in [0.29, 0.717) is 11.4 Å². The number of hydrogen-bond donors (Lipinski definition) is 1. The summed E-state index contributed by atoms with van der Waals surface area (Å²) in [5.74, 6) is -0.317. The summed E-state index contributed by atoms with van der Waals surface area (Å²) in [4.78, 5) is 26.0. The maximum atomic E-state index is 12.0. The van der Waals surface area contributed by atoms with Gasteiger partial charge in [-0.2, -0.15) is 0 Å². The van der Waals surface area contributed by atoms with Crippen molar-refractivity contribution in [2.24, 2.45) is 0 Å². The molecule has 0 unspecified atom stereocenters. The van der Waals surface area contributed by atoms with Crippen molar-refractivity contribution in [3.63, 3.8) is 0 Å². The molecule has 4 nitrogen and oxygen atoms in total. The number of rotatable bonds is 5. The lowest BCUT2D eigenvalue weighted by atomic mass is 10.1. The molecule has 21 heavy (non-hydrogen) atoms. The first-order valence-corrected chi connectivity index (χ1v) is 7.55. The third kappa shape index (κ3) is 4.43. The number of likely N-dealkylation sites (N-methyl/N-ethyl adjacent to an activating group) is 1. The minimum atomic E-state index is -0.206. The van der Waals surface area contributed by atoms with Gasteiger partial charge < -0.3 is 10.2 Å². The quantitative estimate of drug-likeness (QED) is 0.922. The van der Waals surface area contributed by atoms with Crippen LogP contribution in [-0.2, 0) is 11.3 Å². The van der Waals surface area contributed by atoms with E-state index in [9.17, 15) is 9.59 Å². The zero-order chi connectivity index (χ0) is 15.2. The maximum absolute atomic E-state index is 12.0. The highest BCUT2D eigenvalue weighted by Gasteiger charge is 2.12. The van der Waals surface area contributed by atoms with Crippen LogP contribution in [0.3, 0.4) is 0 Å². The van der Waals surface area contributed by atoms with Gasteiger partial charge in [-0.1, -0.05) is 35.9 Å². The summed E-state index contributed by atoms with van der Waals surface area (Å²) in [6.07, 6.45) is 0. The van der Waals surface area contributed by atoms with Crippen molar-refractivity contribution in [2.45, 2.75) is 13.5 Å². The molecule has 1 aromatic heterocycles. The summed E-state index contributed by atoms with van der Waals surface area (Å²) >= 11 is 1.36. The van der Waals surface area contributed by atoms with Crippen LogP contribution in [0.25, 0.3) is 0 Å². The van der Waals surface area contributed by atoms with Crippen molar-refractivity contribution in [1.29, 1.82) is 0 Å². The van der Waals surface area contributed by atoms with Crippen LogP contribution in [0.4, 0.5) is 0 Å². The lowest BCUT2D eigenvalue weighted by Crippen LogP contribution is -2.37. The lowest BCUT2D eigenvalue weighted by molar-refractivity contribution is -0.129. The van der Waals surface area contributed by atoms with Gasteiger partial charge in [-0.15, -0.1) is 11.3 Å². The summed E-state index contributed by atoms with van der Waals surface area (Å²) in [7, 11) is 1.74. The summed E-state index contributed by atoms with van der Waals surface area (Å²) in [6, 6.07) is 11.6. The number of hydrogen-bond acceptors (Lipinski definition) is 3. The first kappa shape index (κ1) is 15.3. The largest absolute Gasteiger partial charge is 0.342 e. The monoisotopic (exact) mass is 302 g/mol. The predicted molar refractivity (Wildman–Crippen MR) is 84.3 cm³/mol. The van der Waals surface area contributed by atoms with Crippen LogP contribution in [0.1, 0.15) is 20.8 Å². The van der Waals surface area contributed by atoms with Gasteiger partial charge in [-0.3, -0.25) is 9.59 Å². The summed E-state index contributed by atoms with van der Waals surface area (Å²) in [5, 5.41) is 4.47. The average molecular weight is 302 g/mol. The van der Waals surface area contributed by atoms with E-state index in [1.54, 1.807) is 18.0 Å². The van der Waals surface area contributed by atoms with Gasteiger partial charge in [0.25, 0.3) is 5.91 Å². The normalized spacial score (nSPS) is 10.2. The number of nitrogens with zero attached hydrogens (tertiary/aromatic N) is 1. The molecule has 0 spiro atoms.